The molecule has 140 valence electrons. The maximum absolute atomic E-state index is 12.2. The Hall–Kier alpha value is -3.20. The third-order valence-electron chi connectivity index (χ3n) is 3.69. The molecule has 0 unspecified atom stereocenters. The predicted molar refractivity (Wildman–Crippen MR) is 114 cm³/mol. The van der Waals surface area contributed by atoms with Crippen molar-refractivity contribution in [2.45, 2.75) is 0 Å². The van der Waals surface area contributed by atoms with Crippen molar-refractivity contribution in [3.8, 4) is 11.5 Å². The lowest BCUT2D eigenvalue weighted by atomic mass is 10.2. The monoisotopic (exact) mass is 486 g/mol. The van der Waals surface area contributed by atoms with Crippen molar-refractivity contribution < 1.29 is 19.4 Å². The number of hydrazone groups is 1. The fourth-order valence-electron chi connectivity index (χ4n) is 2.25. The molecule has 0 aliphatic heterocycles. The number of carbonyl (C=O) groups excluding carboxylic acids is 2. The number of nitrogens with one attached hydrogen (secondary N) is 1. The van der Waals surface area contributed by atoms with E-state index in [1.807, 2.05) is 12.1 Å². The summed E-state index contributed by atoms with van der Waals surface area (Å²) < 4.78 is 6.19. The zero-order chi connectivity index (χ0) is 19.9. The molecular formula is C21H15IN2O4. The van der Waals surface area contributed by atoms with Crippen molar-refractivity contribution >= 4 is 40.7 Å². The van der Waals surface area contributed by atoms with E-state index in [9.17, 15) is 14.7 Å². The minimum atomic E-state index is -0.424. The molecule has 0 aliphatic rings. The van der Waals surface area contributed by atoms with Gasteiger partial charge in [0.05, 0.1) is 11.8 Å². The van der Waals surface area contributed by atoms with Crippen LogP contribution in [0.25, 0.3) is 0 Å². The van der Waals surface area contributed by atoms with Gasteiger partial charge in [-0.15, -0.1) is 0 Å². The molecule has 0 bridgehead atoms. The lowest BCUT2D eigenvalue weighted by Gasteiger charge is -2.06. The molecule has 0 aliphatic carbocycles. The van der Waals surface area contributed by atoms with Crippen molar-refractivity contribution in [3.05, 3.63) is 93.1 Å². The van der Waals surface area contributed by atoms with Crippen LogP contribution in [0, 0.1) is 3.57 Å². The number of hydrogen-bond donors (Lipinski definition) is 2. The zero-order valence-corrected chi connectivity index (χ0v) is 16.7. The molecule has 0 aromatic heterocycles. The Labute approximate surface area is 175 Å². The van der Waals surface area contributed by atoms with Gasteiger partial charge in [0.15, 0.2) is 0 Å². The van der Waals surface area contributed by atoms with Crippen LogP contribution in [-0.4, -0.2) is 23.2 Å². The van der Waals surface area contributed by atoms with E-state index in [2.05, 4.69) is 33.1 Å². The van der Waals surface area contributed by atoms with Gasteiger partial charge in [-0.1, -0.05) is 12.1 Å². The Balaban J connectivity index is 1.57. The van der Waals surface area contributed by atoms with Gasteiger partial charge in [-0.05, 0) is 88.8 Å². The average molecular weight is 486 g/mol. The highest BCUT2D eigenvalue weighted by Crippen LogP contribution is 2.17. The number of hydrogen-bond acceptors (Lipinski definition) is 5. The fraction of sp³-hybridized carbons (Fsp3) is 0. The van der Waals surface area contributed by atoms with Crippen LogP contribution < -0.4 is 10.2 Å². The summed E-state index contributed by atoms with van der Waals surface area (Å²) >= 11 is 2.08. The molecule has 3 rings (SSSR count). The van der Waals surface area contributed by atoms with Crippen molar-refractivity contribution in [1.82, 2.24) is 5.43 Å². The first-order valence-electron chi connectivity index (χ1n) is 8.22. The number of amides is 1. The van der Waals surface area contributed by atoms with E-state index in [0.717, 1.165) is 9.13 Å². The molecule has 28 heavy (non-hydrogen) atoms. The quantitative estimate of drug-likeness (QED) is 0.188. The minimum absolute atomic E-state index is 0.0859. The molecule has 0 saturated carbocycles. The fourth-order valence-corrected chi connectivity index (χ4v) is 2.86. The Morgan fingerprint density at radius 2 is 1.64 bits per heavy atom. The van der Waals surface area contributed by atoms with Crippen molar-refractivity contribution in [1.29, 1.82) is 0 Å². The largest absolute Gasteiger partial charge is 0.508 e. The van der Waals surface area contributed by atoms with Crippen LogP contribution in [0.2, 0.25) is 0 Å². The van der Waals surface area contributed by atoms with Gasteiger partial charge in [-0.3, -0.25) is 4.79 Å². The average Bonchev–Trinajstić information content (AvgIpc) is 2.70. The van der Waals surface area contributed by atoms with Gasteiger partial charge < -0.3 is 9.84 Å². The smallest absolute Gasteiger partial charge is 0.344 e. The summed E-state index contributed by atoms with van der Waals surface area (Å²) in [5.41, 5.74) is 4.01. The minimum Gasteiger partial charge on any atom is -0.508 e. The molecule has 1 amide bonds. The number of aromatic hydroxyl groups is 1. The first-order chi connectivity index (χ1) is 13.5. The van der Waals surface area contributed by atoms with Crippen LogP contribution in [0.5, 0.6) is 11.5 Å². The van der Waals surface area contributed by atoms with Crippen LogP contribution in [0.4, 0.5) is 0 Å². The zero-order valence-electron chi connectivity index (χ0n) is 14.5. The van der Waals surface area contributed by atoms with Crippen molar-refractivity contribution in [2.75, 3.05) is 0 Å². The first-order valence-corrected chi connectivity index (χ1v) is 9.30. The molecule has 0 saturated heterocycles. The van der Waals surface area contributed by atoms with Gasteiger partial charge in [-0.2, -0.15) is 5.10 Å². The number of phenolic OH excluding ortho intramolecular Hbond substituents is 1. The van der Waals surface area contributed by atoms with Gasteiger partial charge in [0.25, 0.3) is 5.91 Å². The Bertz CT molecular complexity index is 1020. The summed E-state index contributed by atoms with van der Waals surface area (Å²) in [6.45, 7) is 0. The number of nitrogens with zero attached hydrogens (tertiary/aromatic N) is 1. The highest BCUT2D eigenvalue weighted by molar-refractivity contribution is 14.1. The lowest BCUT2D eigenvalue weighted by Crippen LogP contribution is -2.17. The van der Waals surface area contributed by atoms with Crippen molar-refractivity contribution in [2.24, 2.45) is 5.10 Å². The highest BCUT2D eigenvalue weighted by Gasteiger charge is 2.11. The molecule has 0 spiro atoms. The van der Waals surface area contributed by atoms with Crippen LogP contribution in [-0.2, 0) is 0 Å². The maximum atomic E-state index is 12.2. The summed E-state index contributed by atoms with van der Waals surface area (Å²) in [6, 6.07) is 19.8. The van der Waals surface area contributed by atoms with E-state index in [1.54, 1.807) is 36.4 Å². The molecule has 0 fully saturated rings. The van der Waals surface area contributed by atoms with E-state index < -0.39 is 5.97 Å². The highest BCUT2D eigenvalue weighted by atomic mass is 127. The normalized spacial score (nSPS) is 10.6. The summed E-state index contributed by atoms with van der Waals surface area (Å²) in [5.74, 6) is -0.315. The third kappa shape index (κ3) is 5.17. The number of ether oxygens (including phenoxy) is 1. The number of carbonyl (C=O) groups is 2. The summed E-state index contributed by atoms with van der Waals surface area (Å²) in [4.78, 5) is 24.1. The Morgan fingerprint density at radius 3 is 2.32 bits per heavy atom. The first kappa shape index (κ1) is 19.6. The number of phenols is 1. The molecule has 3 aromatic rings. The van der Waals surface area contributed by atoms with E-state index in [0.29, 0.717) is 16.9 Å². The van der Waals surface area contributed by atoms with E-state index in [-0.39, 0.29) is 11.7 Å². The molecule has 2 N–H and O–H groups in total. The third-order valence-corrected chi connectivity index (χ3v) is 4.63. The molecular weight excluding hydrogens is 471 g/mol. The number of benzene rings is 3. The van der Waals surface area contributed by atoms with Gasteiger partial charge >= 0.3 is 5.97 Å². The van der Waals surface area contributed by atoms with Crippen LogP contribution in [0.3, 0.4) is 0 Å². The maximum Gasteiger partial charge on any atom is 0.344 e. The van der Waals surface area contributed by atoms with E-state index >= 15 is 0 Å². The van der Waals surface area contributed by atoms with Crippen LogP contribution in [0.15, 0.2) is 77.9 Å². The lowest BCUT2D eigenvalue weighted by molar-refractivity contribution is 0.0733. The van der Waals surface area contributed by atoms with Gasteiger partial charge in [0, 0.05) is 9.13 Å². The van der Waals surface area contributed by atoms with Gasteiger partial charge in [-0.25, -0.2) is 10.2 Å². The Morgan fingerprint density at radius 1 is 0.964 bits per heavy atom. The standard InChI is InChI=1S/C21H15IN2O4/c22-19-4-2-1-3-18(19)21(27)28-17-11-5-14(6-12-17)13-23-24-20(26)15-7-9-16(25)10-8-15/h1-13,25H,(H,24,26). The SMILES string of the molecule is O=C(NN=Cc1ccc(OC(=O)c2ccccc2I)cc1)c1ccc(O)cc1. The van der Waals surface area contributed by atoms with Gasteiger partial charge in [0.2, 0.25) is 0 Å². The Kier molecular flexibility index (Phi) is 6.38. The summed E-state index contributed by atoms with van der Waals surface area (Å²) in [6.07, 6.45) is 1.48. The molecule has 7 heteroatoms. The molecule has 0 heterocycles. The topological polar surface area (TPSA) is 88.0 Å². The summed E-state index contributed by atoms with van der Waals surface area (Å²) in [7, 11) is 0. The van der Waals surface area contributed by atoms with E-state index in [1.165, 1.54) is 30.5 Å². The van der Waals surface area contributed by atoms with Crippen molar-refractivity contribution in [3.63, 3.8) is 0 Å². The molecule has 0 atom stereocenters. The predicted octanol–water partition coefficient (Wildman–Crippen LogP) is 3.98. The number of esters is 1. The van der Waals surface area contributed by atoms with Crippen LogP contribution in [0.1, 0.15) is 26.3 Å². The number of rotatable bonds is 5. The second kappa shape index (κ2) is 9.14. The molecule has 6 nitrogen and oxygen atoms in total. The van der Waals surface area contributed by atoms with Crippen LogP contribution >= 0.6 is 22.6 Å². The second-order valence-electron chi connectivity index (χ2n) is 5.68. The van der Waals surface area contributed by atoms with E-state index in [4.69, 9.17) is 4.74 Å². The van der Waals surface area contributed by atoms with Gasteiger partial charge in [0.1, 0.15) is 11.5 Å². The molecule has 0 radical (unpaired) electrons. The number of halogens is 1. The molecule has 3 aromatic carbocycles. The summed E-state index contributed by atoms with van der Waals surface area (Å²) in [5, 5.41) is 13.1. The second-order valence-corrected chi connectivity index (χ2v) is 6.85.